The summed E-state index contributed by atoms with van der Waals surface area (Å²) < 4.78 is 0. The van der Waals surface area contributed by atoms with E-state index in [0.717, 1.165) is 6.42 Å². The summed E-state index contributed by atoms with van der Waals surface area (Å²) in [5, 5.41) is 11.5. The van der Waals surface area contributed by atoms with Crippen LogP contribution in [0.15, 0.2) is 17.5 Å². The molecule has 3 atom stereocenters. The first kappa shape index (κ1) is 13.6. The average molecular weight is 262 g/mol. The Morgan fingerprint density at radius 2 is 2.17 bits per heavy atom. The number of hydrogen-bond donors (Lipinski definition) is 0. The molecule has 0 N–H and O–H groups in total. The van der Waals surface area contributed by atoms with Crippen LogP contribution in [-0.4, -0.2) is 18.0 Å². The molecule has 2 nitrogen and oxygen atoms in total. The Balaban J connectivity index is 2.10. The minimum absolute atomic E-state index is 0.208. The van der Waals surface area contributed by atoms with Gasteiger partial charge in [-0.05, 0) is 38.3 Å². The summed E-state index contributed by atoms with van der Waals surface area (Å²) in [7, 11) is 2.19. The number of nitriles is 1. The Morgan fingerprint density at radius 3 is 2.83 bits per heavy atom. The highest BCUT2D eigenvalue weighted by Crippen LogP contribution is 2.32. The van der Waals surface area contributed by atoms with Crippen molar-refractivity contribution in [1.29, 1.82) is 5.26 Å². The fourth-order valence-corrected chi connectivity index (χ4v) is 3.78. The minimum atomic E-state index is 0.208. The van der Waals surface area contributed by atoms with Gasteiger partial charge < -0.3 is 0 Å². The molecule has 0 aromatic carbocycles. The Kier molecular flexibility index (Phi) is 4.79. The van der Waals surface area contributed by atoms with Gasteiger partial charge in [-0.15, -0.1) is 11.3 Å². The zero-order valence-electron chi connectivity index (χ0n) is 11.3. The van der Waals surface area contributed by atoms with E-state index in [1.807, 2.05) is 11.3 Å². The lowest BCUT2D eigenvalue weighted by Crippen LogP contribution is -2.38. The first-order valence-electron chi connectivity index (χ1n) is 6.89. The van der Waals surface area contributed by atoms with Gasteiger partial charge in [0.2, 0.25) is 0 Å². The lowest BCUT2D eigenvalue weighted by atomic mass is 9.94. The van der Waals surface area contributed by atoms with Crippen molar-refractivity contribution in [3.63, 3.8) is 0 Å². The molecule has 0 saturated heterocycles. The van der Waals surface area contributed by atoms with Gasteiger partial charge in [-0.3, -0.25) is 4.90 Å². The lowest BCUT2D eigenvalue weighted by molar-refractivity contribution is 0.146. The minimum Gasteiger partial charge on any atom is -0.295 e. The van der Waals surface area contributed by atoms with Gasteiger partial charge in [-0.25, -0.2) is 0 Å². The van der Waals surface area contributed by atoms with E-state index in [-0.39, 0.29) is 5.92 Å². The van der Waals surface area contributed by atoms with E-state index >= 15 is 0 Å². The molecule has 0 spiro atoms. The third kappa shape index (κ3) is 2.93. The molecule has 1 aromatic heterocycles. The quantitative estimate of drug-likeness (QED) is 0.763. The van der Waals surface area contributed by atoms with Crippen LogP contribution in [0.25, 0.3) is 0 Å². The van der Waals surface area contributed by atoms with Crippen molar-refractivity contribution < 1.29 is 0 Å². The fraction of sp³-hybridized carbons (Fsp3) is 0.667. The van der Waals surface area contributed by atoms with Crippen LogP contribution in [-0.2, 0) is 0 Å². The average Bonchev–Trinajstić information content (AvgIpc) is 2.82. The Bertz CT molecular complexity index is 393. The van der Waals surface area contributed by atoms with Crippen LogP contribution >= 0.6 is 11.3 Å². The predicted molar refractivity (Wildman–Crippen MR) is 76.5 cm³/mol. The summed E-state index contributed by atoms with van der Waals surface area (Å²) in [6.07, 6.45) is 6.02. The first-order valence-corrected chi connectivity index (χ1v) is 7.77. The Labute approximate surface area is 114 Å². The number of thiophene rings is 1. The number of hydrogen-bond acceptors (Lipinski definition) is 3. The lowest BCUT2D eigenvalue weighted by Gasteiger charge is -2.34. The standard InChI is InChI=1S/C15H22N2S/c1-12(15-9-6-10-18-15)17(2)14-8-5-3-4-7-13(14)11-16/h6,9-10,12-14H,3-5,7-8H2,1-2H3. The molecule has 0 bridgehead atoms. The van der Waals surface area contributed by atoms with Crippen LogP contribution in [0.4, 0.5) is 0 Å². The third-order valence-electron chi connectivity index (χ3n) is 4.23. The highest BCUT2D eigenvalue weighted by atomic mass is 32.1. The normalized spacial score (nSPS) is 26.6. The molecule has 0 radical (unpaired) electrons. The molecule has 0 aliphatic heterocycles. The fourth-order valence-electron chi connectivity index (χ4n) is 2.94. The van der Waals surface area contributed by atoms with E-state index in [2.05, 4.69) is 42.5 Å². The first-order chi connectivity index (χ1) is 8.74. The van der Waals surface area contributed by atoms with Crippen LogP contribution in [0.2, 0.25) is 0 Å². The zero-order chi connectivity index (χ0) is 13.0. The summed E-state index contributed by atoms with van der Waals surface area (Å²) in [6, 6.07) is 7.69. The van der Waals surface area contributed by atoms with Gasteiger partial charge in [0.1, 0.15) is 0 Å². The van der Waals surface area contributed by atoms with Gasteiger partial charge in [0, 0.05) is 17.0 Å². The van der Waals surface area contributed by atoms with Crippen molar-refractivity contribution in [2.75, 3.05) is 7.05 Å². The maximum atomic E-state index is 9.37. The molecule has 1 aliphatic carbocycles. The van der Waals surface area contributed by atoms with E-state index < -0.39 is 0 Å². The summed E-state index contributed by atoms with van der Waals surface area (Å²) in [5.74, 6) is 0.208. The number of rotatable bonds is 3. The molecular formula is C15H22N2S. The second-order valence-electron chi connectivity index (χ2n) is 5.30. The Hall–Kier alpha value is -0.850. The topological polar surface area (TPSA) is 27.0 Å². The van der Waals surface area contributed by atoms with E-state index in [1.165, 1.54) is 30.6 Å². The molecule has 3 heteroatoms. The Morgan fingerprint density at radius 1 is 1.39 bits per heavy atom. The van der Waals surface area contributed by atoms with E-state index in [0.29, 0.717) is 12.1 Å². The SMILES string of the molecule is CC(c1cccs1)N(C)C1CCCCCC1C#N. The second kappa shape index (κ2) is 6.36. The summed E-state index contributed by atoms with van der Waals surface area (Å²) in [5.41, 5.74) is 0. The molecule has 1 aliphatic rings. The molecule has 2 rings (SSSR count). The summed E-state index contributed by atoms with van der Waals surface area (Å²) >= 11 is 1.81. The van der Waals surface area contributed by atoms with Crippen molar-refractivity contribution in [3.8, 4) is 6.07 Å². The van der Waals surface area contributed by atoms with Gasteiger partial charge in [0.25, 0.3) is 0 Å². The second-order valence-corrected chi connectivity index (χ2v) is 6.28. The van der Waals surface area contributed by atoms with Crippen LogP contribution in [0, 0.1) is 17.2 Å². The smallest absolute Gasteiger partial charge is 0.0672 e. The van der Waals surface area contributed by atoms with E-state index in [9.17, 15) is 5.26 Å². The highest BCUT2D eigenvalue weighted by molar-refractivity contribution is 7.10. The van der Waals surface area contributed by atoms with E-state index in [1.54, 1.807) is 0 Å². The molecular weight excluding hydrogens is 240 g/mol. The summed E-state index contributed by atoms with van der Waals surface area (Å²) in [4.78, 5) is 3.82. The van der Waals surface area contributed by atoms with Crippen LogP contribution in [0.3, 0.4) is 0 Å². The van der Waals surface area contributed by atoms with Crippen LogP contribution in [0.1, 0.15) is 49.9 Å². The van der Waals surface area contributed by atoms with E-state index in [4.69, 9.17) is 0 Å². The van der Waals surface area contributed by atoms with Crippen molar-refractivity contribution in [3.05, 3.63) is 22.4 Å². The largest absolute Gasteiger partial charge is 0.295 e. The highest BCUT2D eigenvalue weighted by Gasteiger charge is 2.29. The van der Waals surface area contributed by atoms with Crippen LogP contribution in [0.5, 0.6) is 0 Å². The molecule has 3 unspecified atom stereocenters. The summed E-state index contributed by atoms with van der Waals surface area (Å²) in [6.45, 7) is 2.26. The molecule has 1 fully saturated rings. The van der Waals surface area contributed by atoms with Gasteiger partial charge in [0.15, 0.2) is 0 Å². The van der Waals surface area contributed by atoms with Crippen molar-refractivity contribution in [2.24, 2.45) is 5.92 Å². The predicted octanol–water partition coefficient (Wildman–Crippen LogP) is 4.21. The van der Waals surface area contributed by atoms with Gasteiger partial charge in [0.05, 0.1) is 12.0 Å². The molecule has 18 heavy (non-hydrogen) atoms. The van der Waals surface area contributed by atoms with Crippen molar-refractivity contribution in [1.82, 2.24) is 4.90 Å². The molecule has 1 heterocycles. The monoisotopic (exact) mass is 262 g/mol. The van der Waals surface area contributed by atoms with Gasteiger partial charge in [-0.2, -0.15) is 5.26 Å². The molecule has 1 saturated carbocycles. The molecule has 98 valence electrons. The third-order valence-corrected chi connectivity index (χ3v) is 5.28. The van der Waals surface area contributed by atoms with Gasteiger partial charge in [-0.1, -0.05) is 25.3 Å². The maximum Gasteiger partial charge on any atom is 0.0672 e. The zero-order valence-corrected chi connectivity index (χ0v) is 12.1. The van der Waals surface area contributed by atoms with Crippen LogP contribution < -0.4 is 0 Å². The maximum absolute atomic E-state index is 9.37. The van der Waals surface area contributed by atoms with Crippen molar-refractivity contribution >= 4 is 11.3 Å². The van der Waals surface area contributed by atoms with Gasteiger partial charge >= 0.3 is 0 Å². The van der Waals surface area contributed by atoms with Crippen molar-refractivity contribution in [2.45, 2.75) is 51.1 Å². The molecule has 1 aromatic rings. The number of nitrogens with zero attached hydrogens (tertiary/aromatic N) is 2. The molecule has 0 amide bonds.